The number of carbonyl (C=O) groups is 1. The summed E-state index contributed by atoms with van der Waals surface area (Å²) in [7, 11) is 2.93. The van der Waals surface area contributed by atoms with Gasteiger partial charge in [0.1, 0.15) is 12.2 Å². The number of ether oxygens (including phenoxy) is 2. The molecule has 0 bridgehead atoms. The molecule has 0 aliphatic carbocycles. The molecule has 1 aromatic carbocycles. The van der Waals surface area contributed by atoms with E-state index in [9.17, 15) is 4.79 Å². The summed E-state index contributed by atoms with van der Waals surface area (Å²) in [6.45, 7) is 0. The molecule has 0 fully saturated rings. The molecule has 0 saturated carbocycles. The van der Waals surface area contributed by atoms with Crippen LogP contribution >= 0.6 is 0 Å². The molecule has 0 aliphatic rings. The number of esters is 1. The number of nitrogens with zero attached hydrogens (tertiary/aromatic N) is 2. The molecule has 2 aromatic rings. The highest BCUT2D eigenvalue weighted by atomic mass is 16.5. The first-order chi connectivity index (χ1) is 9.21. The van der Waals surface area contributed by atoms with Crippen molar-refractivity contribution < 1.29 is 18.8 Å². The number of aromatic nitrogens is 2. The minimum Gasteiger partial charge on any atom is -0.497 e. The standard InChI is InChI=1S/C13H14N2O4/c1-17-10-5-3-9(4-6-10)7-11-14-12(19-15-11)8-13(16)18-2/h3-6H,7-8H2,1-2H3. The van der Waals surface area contributed by atoms with Gasteiger partial charge in [-0.15, -0.1) is 0 Å². The van der Waals surface area contributed by atoms with Crippen LogP contribution in [-0.2, 0) is 22.4 Å². The summed E-state index contributed by atoms with van der Waals surface area (Å²) < 4.78 is 14.6. The molecule has 0 saturated heterocycles. The molecule has 0 radical (unpaired) electrons. The fraction of sp³-hybridized carbons (Fsp3) is 0.308. The van der Waals surface area contributed by atoms with Crippen molar-refractivity contribution in [2.24, 2.45) is 0 Å². The van der Waals surface area contributed by atoms with Crippen molar-refractivity contribution in [3.63, 3.8) is 0 Å². The third-order valence-electron chi connectivity index (χ3n) is 2.55. The topological polar surface area (TPSA) is 74.5 Å². The molecule has 0 aliphatic heterocycles. The molecular weight excluding hydrogens is 248 g/mol. The van der Waals surface area contributed by atoms with Gasteiger partial charge >= 0.3 is 5.97 Å². The molecule has 1 heterocycles. The zero-order chi connectivity index (χ0) is 13.7. The average molecular weight is 262 g/mol. The van der Waals surface area contributed by atoms with Crippen LogP contribution in [0.1, 0.15) is 17.3 Å². The van der Waals surface area contributed by atoms with Gasteiger partial charge in [-0.2, -0.15) is 4.98 Å². The second-order valence-corrected chi connectivity index (χ2v) is 3.88. The van der Waals surface area contributed by atoms with Gasteiger partial charge in [-0.1, -0.05) is 17.3 Å². The van der Waals surface area contributed by atoms with Gasteiger partial charge in [0, 0.05) is 6.42 Å². The van der Waals surface area contributed by atoms with Crippen molar-refractivity contribution in [3.05, 3.63) is 41.5 Å². The summed E-state index contributed by atoms with van der Waals surface area (Å²) in [5.41, 5.74) is 1.03. The lowest BCUT2D eigenvalue weighted by atomic mass is 10.1. The van der Waals surface area contributed by atoms with Crippen LogP contribution in [0.3, 0.4) is 0 Å². The smallest absolute Gasteiger partial charge is 0.315 e. The predicted octanol–water partition coefficient (Wildman–Crippen LogP) is 1.38. The Hall–Kier alpha value is -2.37. The molecule has 0 atom stereocenters. The fourth-order valence-electron chi connectivity index (χ4n) is 1.56. The van der Waals surface area contributed by atoms with Gasteiger partial charge in [0.15, 0.2) is 5.82 Å². The van der Waals surface area contributed by atoms with E-state index in [1.165, 1.54) is 7.11 Å². The second-order valence-electron chi connectivity index (χ2n) is 3.88. The van der Waals surface area contributed by atoms with Gasteiger partial charge in [-0.3, -0.25) is 4.79 Å². The van der Waals surface area contributed by atoms with E-state index in [0.717, 1.165) is 11.3 Å². The van der Waals surface area contributed by atoms with Gasteiger partial charge in [-0.05, 0) is 17.7 Å². The van der Waals surface area contributed by atoms with Crippen LogP contribution in [0, 0.1) is 0 Å². The normalized spacial score (nSPS) is 10.2. The second kappa shape index (κ2) is 5.99. The SMILES string of the molecule is COC(=O)Cc1nc(Cc2ccc(OC)cc2)no1. The summed E-state index contributed by atoms with van der Waals surface area (Å²) >= 11 is 0. The molecule has 6 nitrogen and oxygen atoms in total. The third-order valence-corrected chi connectivity index (χ3v) is 2.55. The van der Waals surface area contributed by atoms with Gasteiger partial charge in [-0.25, -0.2) is 0 Å². The number of hydrogen-bond donors (Lipinski definition) is 0. The zero-order valence-electron chi connectivity index (χ0n) is 10.8. The third kappa shape index (κ3) is 3.54. The van der Waals surface area contributed by atoms with Crippen LogP contribution in [0.5, 0.6) is 5.75 Å². The highest BCUT2D eigenvalue weighted by molar-refractivity contribution is 5.71. The number of benzene rings is 1. The van der Waals surface area contributed by atoms with E-state index in [-0.39, 0.29) is 12.3 Å². The van der Waals surface area contributed by atoms with Crippen LogP contribution in [0.2, 0.25) is 0 Å². The first-order valence-electron chi connectivity index (χ1n) is 5.72. The van der Waals surface area contributed by atoms with Gasteiger partial charge < -0.3 is 14.0 Å². The molecule has 19 heavy (non-hydrogen) atoms. The van der Waals surface area contributed by atoms with E-state index in [1.54, 1.807) is 7.11 Å². The predicted molar refractivity (Wildman–Crippen MR) is 65.8 cm³/mol. The maximum Gasteiger partial charge on any atom is 0.315 e. The number of carbonyl (C=O) groups excluding carboxylic acids is 1. The van der Waals surface area contributed by atoms with Crippen molar-refractivity contribution in [3.8, 4) is 5.75 Å². The minimum atomic E-state index is -0.403. The van der Waals surface area contributed by atoms with Crippen LogP contribution < -0.4 is 4.74 Å². The molecule has 1 aromatic heterocycles. The Kier molecular flexibility index (Phi) is 4.12. The Morgan fingerprint density at radius 3 is 2.63 bits per heavy atom. The van der Waals surface area contributed by atoms with E-state index in [4.69, 9.17) is 9.26 Å². The van der Waals surface area contributed by atoms with Crippen molar-refractivity contribution in [1.82, 2.24) is 10.1 Å². The summed E-state index contributed by atoms with van der Waals surface area (Å²) in [5.74, 6) is 1.18. The van der Waals surface area contributed by atoms with Crippen LogP contribution in [0.4, 0.5) is 0 Å². The van der Waals surface area contributed by atoms with Crippen LogP contribution in [0.25, 0.3) is 0 Å². The molecule has 0 N–H and O–H groups in total. The Bertz CT molecular complexity index is 548. The molecule has 6 heteroatoms. The molecule has 100 valence electrons. The first-order valence-corrected chi connectivity index (χ1v) is 5.72. The van der Waals surface area contributed by atoms with E-state index >= 15 is 0 Å². The first kappa shape index (κ1) is 13.1. The Morgan fingerprint density at radius 1 is 1.26 bits per heavy atom. The van der Waals surface area contributed by atoms with E-state index in [1.807, 2.05) is 24.3 Å². The Balaban J connectivity index is 2.00. The number of hydrogen-bond acceptors (Lipinski definition) is 6. The largest absolute Gasteiger partial charge is 0.497 e. The maximum absolute atomic E-state index is 11.1. The average Bonchev–Trinajstić information content (AvgIpc) is 2.86. The van der Waals surface area contributed by atoms with E-state index < -0.39 is 5.97 Å². The monoisotopic (exact) mass is 262 g/mol. The lowest BCUT2D eigenvalue weighted by Crippen LogP contribution is -2.04. The van der Waals surface area contributed by atoms with Gasteiger partial charge in [0.2, 0.25) is 5.89 Å². The number of rotatable bonds is 5. The van der Waals surface area contributed by atoms with Crippen molar-refractivity contribution >= 4 is 5.97 Å². The van der Waals surface area contributed by atoms with Gasteiger partial charge in [0.25, 0.3) is 0 Å². The quantitative estimate of drug-likeness (QED) is 0.758. The molecular formula is C13H14N2O4. The molecule has 0 amide bonds. The highest BCUT2D eigenvalue weighted by Crippen LogP contribution is 2.13. The summed E-state index contributed by atoms with van der Waals surface area (Å²) in [6.07, 6.45) is 0.529. The van der Waals surface area contributed by atoms with Crippen molar-refractivity contribution in [2.75, 3.05) is 14.2 Å². The zero-order valence-corrected chi connectivity index (χ0v) is 10.8. The van der Waals surface area contributed by atoms with Gasteiger partial charge in [0.05, 0.1) is 14.2 Å². The summed E-state index contributed by atoms with van der Waals surface area (Å²) in [6, 6.07) is 7.58. The Labute approximate surface area is 110 Å². The molecule has 2 rings (SSSR count). The van der Waals surface area contributed by atoms with E-state index in [0.29, 0.717) is 12.2 Å². The van der Waals surface area contributed by atoms with Crippen LogP contribution in [0.15, 0.2) is 28.8 Å². The Morgan fingerprint density at radius 2 is 2.00 bits per heavy atom. The molecule has 0 unspecified atom stereocenters. The summed E-state index contributed by atoms with van der Waals surface area (Å²) in [4.78, 5) is 15.2. The lowest BCUT2D eigenvalue weighted by Gasteiger charge is -2.00. The van der Waals surface area contributed by atoms with Crippen LogP contribution in [-0.4, -0.2) is 30.3 Å². The highest BCUT2D eigenvalue weighted by Gasteiger charge is 2.11. The lowest BCUT2D eigenvalue weighted by molar-refractivity contribution is -0.140. The van der Waals surface area contributed by atoms with E-state index in [2.05, 4.69) is 14.9 Å². The minimum absolute atomic E-state index is 0.00782. The number of methoxy groups -OCH3 is 2. The summed E-state index contributed by atoms with van der Waals surface area (Å²) in [5, 5.41) is 3.82. The van der Waals surface area contributed by atoms with Crippen molar-refractivity contribution in [1.29, 1.82) is 0 Å². The fourth-order valence-corrected chi connectivity index (χ4v) is 1.56. The molecule has 0 spiro atoms. The maximum atomic E-state index is 11.1. The van der Waals surface area contributed by atoms with Crippen molar-refractivity contribution in [2.45, 2.75) is 12.8 Å².